The predicted molar refractivity (Wildman–Crippen MR) is 46.9 cm³/mol. The lowest BCUT2D eigenvalue weighted by atomic mass is 10.3. The minimum atomic E-state index is -1.10. The number of rotatable bonds is 2. The van der Waals surface area contributed by atoms with Crippen LogP contribution in [0, 0.1) is 15.9 Å². The standard InChI is InChI=1S/C6H2ClFN4O2/c7-3-1-6(12(13)14)4(8)2-5(3)10-11-9/h1-2H. The fourth-order valence-corrected chi connectivity index (χ4v) is 0.986. The Bertz CT molecular complexity index is 416. The maximum atomic E-state index is 12.9. The molecule has 0 fully saturated rings. The van der Waals surface area contributed by atoms with Crippen LogP contribution in [0.25, 0.3) is 10.4 Å². The summed E-state index contributed by atoms with van der Waals surface area (Å²) in [4.78, 5) is 11.7. The quantitative estimate of drug-likeness (QED) is 0.249. The summed E-state index contributed by atoms with van der Waals surface area (Å²) in [7, 11) is 0. The van der Waals surface area contributed by atoms with Crippen molar-refractivity contribution in [3.63, 3.8) is 0 Å². The number of nitro groups is 1. The van der Waals surface area contributed by atoms with E-state index >= 15 is 0 Å². The zero-order valence-corrected chi connectivity index (χ0v) is 7.27. The highest BCUT2D eigenvalue weighted by molar-refractivity contribution is 6.33. The van der Waals surface area contributed by atoms with Crippen LogP contribution < -0.4 is 0 Å². The summed E-state index contributed by atoms with van der Waals surface area (Å²) >= 11 is 5.49. The maximum Gasteiger partial charge on any atom is 0.306 e. The summed E-state index contributed by atoms with van der Waals surface area (Å²) in [5.74, 6) is -1.10. The van der Waals surface area contributed by atoms with E-state index in [1.807, 2.05) is 0 Å². The van der Waals surface area contributed by atoms with Crippen LogP contribution in [0.3, 0.4) is 0 Å². The van der Waals surface area contributed by atoms with Crippen molar-refractivity contribution < 1.29 is 9.31 Å². The van der Waals surface area contributed by atoms with Crippen molar-refractivity contribution in [2.24, 2.45) is 5.11 Å². The molecule has 0 bridgehead atoms. The first-order chi connectivity index (χ1) is 6.56. The molecule has 8 heteroatoms. The third kappa shape index (κ3) is 1.90. The highest BCUT2D eigenvalue weighted by Crippen LogP contribution is 2.31. The van der Waals surface area contributed by atoms with E-state index in [-0.39, 0.29) is 10.7 Å². The van der Waals surface area contributed by atoms with Gasteiger partial charge in [0.15, 0.2) is 0 Å². The first-order valence-corrected chi connectivity index (χ1v) is 3.62. The monoisotopic (exact) mass is 216 g/mol. The van der Waals surface area contributed by atoms with E-state index in [9.17, 15) is 14.5 Å². The number of hydrogen-bond acceptors (Lipinski definition) is 3. The van der Waals surface area contributed by atoms with Gasteiger partial charge in [0.25, 0.3) is 0 Å². The molecule has 0 heterocycles. The summed E-state index contributed by atoms with van der Waals surface area (Å²) < 4.78 is 12.9. The normalized spacial score (nSPS) is 9.29. The van der Waals surface area contributed by atoms with Crippen LogP contribution in [0.5, 0.6) is 0 Å². The lowest BCUT2D eigenvalue weighted by Gasteiger charge is -1.97. The van der Waals surface area contributed by atoms with E-state index in [1.165, 1.54) is 0 Å². The van der Waals surface area contributed by atoms with Gasteiger partial charge in [-0.1, -0.05) is 16.7 Å². The molecule has 0 aromatic heterocycles. The van der Waals surface area contributed by atoms with Crippen LogP contribution in [0.1, 0.15) is 0 Å². The lowest BCUT2D eigenvalue weighted by Crippen LogP contribution is -1.91. The topological polar surface area (TPSA) is 91.9 Å². The summed E-state index contributed by atoms with van der Waals surface area (Å²) in [6.07, 6.45) is 0. The van der Waals surface area contributed by atoms with Crippen LogP contribution in [-0.2, 0) is 0 Å². The molecule has 0 atom stereocenters. The number of nitro benzene ring substituents is 1. The molecule has 1 aromatic carbocycles. The van der Waals surface area contributed by atoms with Gasteiger partial charge in [-0.25, -0.2) is 0 Å². The van der Waals surface area contributed by atoms with Gasteiger partial charge in [0.1, 0.15) is 0 Å². The largest absolute Gasteiger partial charge is 0.306 e. The molecule has 1 aromatic rings. The number of hydrogen-bond donors (Lipinski definition) is 0. The Labute approximate surface area is 81.7 Å². The summed E-state index contributed by atoms with van der Waals surface area (Å²) in [6.45, 7) is 0. The summed E-state index contributed by atoms with van der Waals surface area (Å²) in [5, 5.41) is 13.1. The zero-order chi connectivity index (χ0) is 10.7. The molecular formula is C6H2ClFN4O2. The molecule has 0 aliphatic carbocycles. The van der Waals surface area contributed by atoms with Gasteiger partial charge in [-0.3, -0.25) is 10.1 Å². The fraction of sp³-hybridized carbons (Fsp3) is 0. The predicted octanol–water partition coefficient (Wildman–Crippen LogP) is 3.33. The molecule has 0 saturated heterocycles. The lowest BCUT2D eigenvalue weighted by molar-refractivity contribution is -0.387. The Morgan fingerprint density at radius 2 is 2.29 bits per heavy atom. The Balaban J connectivity index is 3.37. The van der Waals surface area contributed by atoms with Crippen molar-refractivity contribution in [2.45, 2.75) is 0 Å². The van der Waals surface area contributed by atoms with Gasteiger partial charge in [0, 0.05) is 11.0 Å². The van der Waals surface area contributed by atoms with Gasteiger partial charge in [-0.15, -0.1) is 0 Å². The highest BCUT2D eigenvalue weighted by Gasteiger charge is 2.16. The van der Waals surface area contributed by atoms with Crippen LogP contribution in [0.4, 0.5) is 15.8 Å². The third-order valence-electron chi connectivity index (χ3n) is 1.37. The van der Waals surface area contributed by atoms with Crippen molar-refractivity contribution in [1.82, 2.24) is 0 Å². The average molecular weight is 217 g/mol. The molecule has 6 nitrogen and oxygen atoms in total. The van der Waals surface area contributed by atoms with Gasteiger partial charge >= 0.3 is 5.69 Å². The van der Waals surface area contributed by atoms with Crippen molar-refractivity contribution in [3.8, 4) is 0 Å². The number of halogens is 2. The van der Waals surface area contributed by atoms with E-state index in [1.54, 1.807) is 0 Å². The molecule has 0 spiro atoms. The third-order valence-corrected chi connectivity index (χ3v) is 1.67. The van der Waals surface area contributed by atoms with E-state index in [0.717, 1.165) is 6.07 Å². The summed E-state index contributed by atoms with van der Waals surface area (Å²) in [6, 6.07) is 1.50. The fourth-order valence-electron chi connectivity index (χ4n) is 0.791. The Kier molecular flexibility index (Phi) is 2.85. The van der Waals surface area contributed by atoms with Crippen LogP contribution in [0.15, 0.2) is 17.2 Å². The molecule has 0 saturated carbocycles. The number of benzene rings is 1. The molecule has 0 aliphatic heterocycles. The summed E-state index contributed by atoms with van der Waals surface area (Å²) in [5.41, 5.74) is 7.12. The molecule has 0 N–H and O–H groups in total. The highest BCUT2D eigenvalue weighted by atomic mass is 35.5. The SMILES string of the molecule is [N-]=[N+]=Nc1cc(F)c([N+](=O)[O-])cc1Cl. The number of nitrogens with zero attached hydrogens (tertiary/aromatic N) is 4. The Morgan fingerprint density at radius 3 is 2.79 bits per heavy atom. The van der Waals surface area contributed by atoms with Crippen molar-refractivity contribution in [3.05, 3.63) is 43.5 Å². The second kappa shape index (κ2) is 3.91. The maximum absolute atomic E-state index is 12.9. The van der Waals surface area contributed by atoms with Gasteiger partial charge in [-0.2, -0.15) is 4.39 Å². The Hall–Kier alpha value is -1.85. The molecule has 1 rings (SSSR count). The zero-order valence-electron chi connectivity index (χ0n) is 6.52. The van der Waals surface area contributed by atoms with Crippen LogP contribution in [-0.4, -0.2) is 4.92 Å². The van der Waals surface area contributed by atoms with Crippen LogP contribution in [0.2, 0.25) is 5.02 Å². The van der Waals surface area contributed by atoms with E-state index in [2.05, 4.69) is 10.0 Å². The van der Waals surface area contributed by atoms with Crippen LogP contribution >= 0.6 is 11.6 Å². The molecule has 14 heavy (non-hydrogen) atoms. The molecular weight excluding hydrogens is 215 g/mol. The van der Waals surface area contributed by atoms with E-state index in [4.69, 9.17) is 17.1 Å². The van der Waals surface area contributed by atoms with E-state index < -0.39 is 16.4 Å². The Morgan fingerprint density at radius 1 is 1.64 bits per heavy atom. The van der Waals surface area contributed by atoms with Crippen molar-refractivity contribution in [2.75, 3.05) is 0 Å². The minimum absolute atomic E-state index is 0.170. The smallest absolute Gasteiger partial charge is 0.258 e. The minimum Gasteiger partial charge on any atom is -0.258 e. The van der Waals surface area contributed by atoms with Gasteiger partial charge < -0.3 is 0 Å². The average Bonchev–Trinajstić information content (AvgIpc) is 2.10. The van der Waals surface area contributed by atoms with Gasteiger partial charge in [-0.05, 0) is 11.6 Å². The molecule has 72 valence electrons. The second-order valence-corrected chi connectivity index (χ2v) is 2.61. The van der Waals surface area contributed by atoms with E-state index in [0.29, 0.717) is 6.07 Å². The molecule has 0 aliphatic rings. The molecule has 0 radical (unpaired) electrons. The first kappa shape index (κ1) is 10.2. The molecule has 0 amide bonds. The van der Waals surface area contributed by atoms with Crippen molar-refractivity contribution >= 4 is 23.0 Å². The second-order valence-electron chi connectivity index (χ2n) is 2.20. The van der Waals surface area contributed by atoms with Gasteiger partial charge in [0.05, 0.1) is 15.6 Å². The molecule has 0 unspecified atom stereocenters. The van der Waals surface area contributed by atoms with Crippen molar-refractivity contribution in [1.29, 1.82) is 0 Å². The van der Waals surface area contributed by atoms with Gasteiger partial charge in [0.2, 0.25) is 5.82 Å². The first-order valence-electron chi connectivity index (χ1n) is 3.25. The number of azide groups is 1.